The summed E-state index contributed by atoms with van der Waals surface area (Å²) in [5, 5.41) is 3.70. The van der Waals surface area contributed by atoms with Crippen molar-refractivity contribution in [3.63, 3.8) is 0 Å². The van der Waals surface area contributed by atoms with Gasteiger partial charge in [0, 0.05) is 31.8 Å². The van der Waals surface area contributed by atoms with Crippen molar-refractivity contribution >= 4 is 29.0 Å². The molecule has 30 heavy (non-hydrogen) atoms. The van der Waals surface area contributed by atoms with Crippen LogP contribution < -0.4 is 15.0 Å². The first-order chi connectivity index (χ1) is 14.7. The van der Waals surface area contributed by atoms with Crippen LogP contribution in [0, 0.1) is 5.92 Å². The number of nitrogens with zero attached hydrogens (tertiary/aromatic N) is 2. The van der Waals surface area contributed by atoms with Crippen LogP contribution in [0.1, 0.15) is 32.1 Å². The molecule has 3 heterocycles. The third-order valence-electron chi connectivity index (χ3n) is 5.75. The zero-order chi connectivity index (χ0) is 20.8. The van der Waals surface area contributed by atoms with Crippen LogP contribution in [0.4, 0.5) is 11.5 Å². The number of rotatable bonds is 6. The van der Waals surface area contributed by atoms with Crippen LogP contribution >= 0.6 is 11.6 Å². The maximum absolute atomic E-state index is 12.9. The van der Waals surface area contributed by atoms with Gasteiger partial charge in [-0.05, 0) is 56.4 Å². The van der Waals surface area contributed by atoms with Crippen LogP contribution in [0.2, 0.25) is 5.02 Å². The van der Waals surface area contributed by atoms with Gasteiger partial charge in [0.1, 0.15) is 18.2 Å². The summed E-state index contributed by atoms with van der Waals surface area (Å²) >= 11 is 5.92. The zero-order valence-electron chi connectivity index (χ0n) is 17.1. The second-order valence-corrected chi connectivity index (χ2v) is 8.32. The Bertz CT molecular complexity index is 832. The molecule has 2 saturated heterocycles. The Morgan fingerprint density at radius 1 is 1.17 bits per heavy atom. The van der Waals surface area contributed by atoms with Crippen molar-refractivity contribution in [3.8, 4) is 5.75 Å². The highest BCUT2D eigenvalue weighted by molar-refractivity contribution is 6.30. The smallest absolute Gasteiger partial charge is 0.227 e. The third kappa shape index (κ3) is 5.43. The Hall–Kier alpha value is -2.31. The summed E-state index contributed by atoms with van der Waals surface area (Å²) in [5.41, 5.74) is 0.722. The summed E-state index contributed by atoms with van der Waals surface area (Å²) in [6, 6.07) is 11.4. The molecule has 6 nitrogen and oxygen atoms in total. The Morgan fingerprint density at radius 2 is 2.00 bits per heavy atom. The Morgan fingerprint density at radius 3 is 2.73 bits per heavy atom. The Labute approximate surface area is 182 Å². The first-order valence-corrected chi connectivity index (χ1v) is 11.1. The molecule has 0 aliphatic carbocycles. The highest BCUT2D eigenvalue weighted by atomic mass is 35.5. The fourth-order valence-corrected chi connectivity index (χ4v) is 4.09. The molecule has 4 rings (SSSR count). The molecule has 1 amide bonds. The van der Waals surface area contributed by atoms with Crippen LogP contribution in [0.3, 0.4) is 0 Å². The molecule has 1 aromatic carbocycles. The zero-order valence-corrected chi connectivity index (χ0v) is 17.8. The summed E-state index contributed by atoms with van der Waals surface area (Å²) in [6.07, 6.45) is 6.69. The highest BCUT2D eigenvalue weighted by Crippen LogP contribution is 2.28. The van der Waals surface area contributed by atoms with Crippen molar-refractivity contribution in [2.45, 2.75) is 38.2 Å². The summed E-state index contributed by atoms with van der Waals surface area (Å²) in [6.45, 7) is 2.91. The van der Waals surface area contributed by atoms with Crippen LogP contribution in [-0.2, 0) is 9.53 Å². The number of pyridine rings is 1. The first-order valence-electron chi connectivity index (χ1n) is 10.7. The largest absolute Gasteiger partial charge is 0.489 e. The number of amides is 1. The number of benzene rings is 1. The summed E-state index contributed by atoms with van der Waals surface area (Å²) in [4.78, 5) is 19.4. The van der Waals surface area contributed by atoms with Crippen molar-refractivity contribution < 1.29 is 14.3 Å². The average Bonchev–Trinajstić information content (AvgIpc) is 2.80. The van der Waals surface area contributed by atoms with Gasteiger partial charge in [-0.15, -0.1) is 0 Å². The second kappa shape index (κ2) is 10.1. The molecule has 160 valence electrons. The second-order valence-electron chi connectivity index (χ2n) is 7.88. The molecule has 2 aromatic rings. The maximum atomic E-state index is 12.9. The Kier molecular flexibility index (Phi) is 7.07. The van der Waals surface area contributed by atoms with Gasteiger partial charge in [0.25, 0.3) is 0 Å². The van der Waals surface area contributed by atoms with E-state index in [1.54, 1.807) is 6.20 Å². The normalized spacial score (nSPS) is 20.0. The van der Waals surface area contributed by atoms with Gasteiger partial charge in [0.2, 0.25) is 5.91 Å². The van der Waals surface area contributed by atoms with Crippen molar-refractivity contribution in [2.75, 3.05) is 36.5 Å². The minimum absolute atomic E-state index is 0.0247. The van der Waals surface area contributed by atoms with Crippen molar-refractivity contribution in [3.05, 3.63) is 47.6 Å². The van der Waals surface area contributed by atoms with Gasteiger partial charge < -0.3 is 19.7 Å². The van der Waals surface area contributed by atoms with E-state index in [1.807, 2.05) is 36.4 Å². The molecular weight excluding hydrogens is 402 g/mol. The van der Waals surface area contributed by atoms with Gasteiger partial charge in [-0.2, -0.15) is 0 Å². The lowest BCUT2D eigenvalue weighted by molar-refractivity contribution is -0.120. The van der Waals surface area contributed by atoms with E-state index in [0.29, 0.717) is 17.4 Å². The number of hydrogen-bond donors (Lipinski definition) is 1. The van der Waals surface area contributed by atoms with Crippen molar-refractivity contribution in [2.24, 2.45) is 5.92 Å². The number of hydrogen-bond acceptors (Lipinski definition) is 5. The van der Waals surface area contributed by atoms with Gasteiger partial charge >= 0.3 is 0 Å². The molecule has 2 fully saturated rings. The molecule has 1 atom stereocenters. The van der Waals surface area contributed by atoms with Crippen LogP contribution in [-0.4, -0.2) is 43.3 Å². The number of aromatic nitrogens is 1. The van der Waals surface area contributed by atoms with Crippen molar-refractivity contribution in [1.29, 1.82) is 0 Å². The maximum Gasteiger partial charge on any atom is 0.227 e. The molecule has 1 N–H and O–H groups in total. The average molecular weight is 430 g/mol. The van der Waals surface area contributed by atoms with E-state index in [2.05, 4.69) is 15.2 Å². The van der Waals surface area contributed by atoms with Crippen LogP contribution in [0.25, 0.3) is 0 Å². The molecule has 7 heteroatoms. The predicted molar refractivity (Wildman–Crippen MR) is 118 cm³/mol. The quantitative estimate of drug-likeness (QED) is 0.730. The monoisotopic (exact) mass is 429 g/mol. The fraction of sp³-hybridized carbons (Fsp3) is 0.478. The number of nitrogens with one attached hydrogen (secondary N) is 1. The molecule has 0 radical (unpaired) electrons. The predicted octanol–water partition coefficient (Wildman–Crippen LogP) is 4.54. The van der Waals surface area contributed by atoms with Gasteiger partial charge in [-0.3, -0.25) is 4.79 Å². The molecule has 1 aromatic heterocycles. The van der Waals surface area contributed by atoms with E-state index < -0.39 is 0 Å². The molecule has 0 saturated carbocycles. The molecule has 2 aliphatic rings. The third-order valence-corrected chi connectivity index (χ3v) is 5.97. The van der Waals surface area contributed by atoms with E-state index in [1.165, 1.54) is 6.42 Å². The standard InChI is InChI=1S/C23H28ClN3O3/c24-18-8-9-22(25-15-18)27-12-10-17(11-13-27)23(28)26-20-6-1-2-7-21(20)30-16-19-5-3-4-14-29-19/h1-2,6-9,15,17,19H,3-5,10-14,16H2,(H,26,28). The van der Waals surface area contributed by atoms with E-state index in [4.69, 9.17) is 21.1 Å². The van der Waals surface area contributed by atoms with Gasteiger partial charge in [0.15, 0.2) is 0 Å². The van der Waals surface area contributed by atoms with E-state index >= 15 is 0 Å². The van der Waals surface area contributed by atoms with Crippen LogP contribution in [0.15, 0.2) is 42.6 Å². The number of piperidine rings is 1. The van der Waals surface area contributed by atoms with Crippen molar-refractivity contribution in [1.82, 2.24) is 4.98 Å². The number of anilines is 2. The number of para-hydroxylation sites is 2. The minimum Gasteiger partial charge on any atom is -0.489 e. The Balaban J connectivity index is 1.30. The lowest BCUT2D eigenvalue weighted by Gasteiger charge is -2.32. The van der Waals surface area contributed by atoms with Gasteiger partial charge in [-0.1, -0.05) is 23.7 Å². The lowest BCUT2D eigenvalue weighted by atomic mass is 9.95. The fourth-order valence-electron chi connectivity index (χ4n) is 3.98. The number of ether oxygens (including phenoxy) is 2. The minimum atomic E-state index is -0.0247. The van der Waals surface area contributed by atoms with Gasteiger partial charge in [0.05, 0.1) is 16.8 Å². The number of carbonyl (C=O) groups excluding carboxylic acids is 1. The first kappa shape index (κ1) is 20.9. The van der Waals surface area contributed by atoms with Gasteiger partial charge in [-0.25, -0.2) is 4.98 Å². The van der Waals surface area contributed by atoms with E-state index in [9.17, 15) is 4.79 Å². The molecule has 0 bridgehead atoms. The number of halogens is 1. The molecular formula is C23H28ClN3O3. The summed E-state index contributed by atoms with van der Waals surface area (Å²) in [7, 11) is 0. The van der Waals surface area contributed by atoms with Crippen LogP contribution in [0.5, 0.6) is 5.75 Å². The molecule has 1 unspecified atom stereocenters. The number of carbonyl (C=O) groups is 1. The summed E-state index contributed by atoms with van der Waals surface area (Å²) < 4.78 is 11.7. The SMILES string of the molecule is O=C(Nc1ccccc1OCC1CCCCO1)C1CCN(c2ccc(Cl)cn2)CC1. The molecule has 2 aliphatic heterocycles. The lowest BCUT2D eigenvalue weighted by Crippen LogP contribution is -2.38. The highest BCUT2D eigenvalue weighted by Gasteiger charge is 2.26. The summed E-state index contributed by atoms with van der Waals surface area (Å²) in [5.74, 6) is 1.62. The van der Waals surface area contributed by atoms with E-state index in [0.717, 1.165) is 56.9 Å². The van der Waals surface area contributed by atoms with E-state index in [-0.39, 0.29) is 17.9 Å². The molecule has 0 spiro atoms. The topological polar surface area (TPSA) is 63.7 Å².